The molecule has 6 heteroatoms. The van der Waals surface area contributed by atoms with Crippen LogP contribution in [0.3, 0.4) is 0 Å². The van der Waals surface area contributed by atoms with Crippen LogP contribution in [0.1, 0.15) is 17.3 Å². The van der Waals surface area contributed by atoms with Crippen LogP contribution in [0.5, 0.6) is 0 Å². The van der Waals surface area contributed by atoms with E-state index in [0.717, 1.165) is 10.2 Å². The van der Waals surface area contributed by atoms with Crippen molar-refractivity contribution in [2.45, 2.75) is 13.0 Å². The third kappa shape index (κ3) is 3.62. The Morgan fingerprint density at radius 3 is 2.89 bits per heavy atom. The van der Waals surface area contributed by atoms with Crippen molar-refractivity contribution in [3.8, 4) is 0 Å². The lowest BCUT2D eigenvalue weighted by Crippen LogP contribution is -2.37. The average Bonchev–Trinajstić information content (AvgIpc) is 2.37. The SMILES string of the molecule is CNc1ncc(Br)cc1C(=O)N(C)C(C)CSC. The molecule has 1 atom stereocenters. The molecule has 0 aliphatic rings. The molecule has 1 N–H and O–H groups in total. The fourth-order valence-electron chi connectivity index (χ4n) is 1.54. The van der Waals surface area contributed by atoms with Gasteiger partial charge in [0.25, 0.3) is 5.91 Å². The van der Waals surface area contributed by atoms with E-state index in [-0.39, 0.29) is 11.9 Å². The highest BCUT2D eigenvalue weighted by molar-refractivity contribution is 9.10. The smallest absolute Gasteiger partial charge is 0.257 e. The molecule has 0 bridgehead atoms. The molecule has 1 heterocycles. The van der Waals surface area contributed by atoms with Gasteiger partial charge >= 0.3 is 0 Å². The Morgan fingerprint density at radius 2 is 2.33 bits per heavy atom. The van der Waals surface area contributed by atoms with Crippen molar-refractivity contribution in [2.24, 2.45) is 0 Å². The van der Waals surface area contributed by atoms with E-state index in [2.05, 4.69) is 26.2 Å². The number of hydrogen-bond donors (Lipinski definition) is 1. The number of amides is 1. The van der Waals surface area contributed by atoms with E-state index >= 15 is 0 Å². The summed E-state index contributed by atoms with van der Waals surface area (Å²) >= 11 is 5.07. The van der Waals surface area contributed by atoms with Crippen LogP contribution in [0.4, 0.5) is 5.82 Å². The number of pyridine rings is 1. The molecule has 4 nitrogen and oxygen atoms in total. The minimum Gasteiger partial charge on any atom is -0.372 e. The third-order valence-electron chi connectivity index (χ3n) is 2.71. The molecule has 0 radical (unpaired) electrons. The summed E-state index contributed by atoms with van der Waals surface area (Å²) in [5, 5.41) is 2.94. The summed E-state index contributed by atoms with van der Waals surface area (Å²) in [4.78, 5) is 18.4. The van der Waals surface area contributed by atoms with Crippen molar-refractivity contribution in [1.82, 2.24) is 9.88 Å². The average molecular weight is 332 g/mol. The van der Waals surface area contributed by atoms with Crippen LogP contribution in [-0.4, -0.2) is 47.9 Å². The van der Waals surface area contributed by atoms with Gasteiger partial charge in [0.05, 0.1) is 5.56 Å². The Balaban J connectivity index is 2.98. The molecular weight excluding hydrogens is 314 g/mol. The summed E-state index contributed by atoms with van der Waals surface area (Å²) in [6, 6.07) is 1.99. The van der Waals surface area contributed by atoms with E-state index in [1.54, 1.807) is 36.0 Å². The highest BCUT2D eigenvalue weighted by Crippen LogP contribution is 2.20. The lowest BCUT2D eigenvalue weighted by Gasteiger charge is -2.25. The van der Waals surface area contributed by atoms with Crippen LogP contribution in [0, 0.1) is 0 Å². The molecule has 18 heavy (non-hydrogen) atoms. The number of halogens is 1. The minimum atomic E-state index is -0.0188. The van der Waals surface area contributed by atoms with Crippen molar-refractivity contribution in [3.05, 3.63) is 22.3 Å². The number of thioether (sulfide) groups is 1. The number of hydrogen-bond acceptors (Lipinski definition) is 4. The Morgan fingerprint density at radius 1 is 1.67 bits per heavy atom. The predicted molar refractivity (Wildman–Crippen MR) is 81.4 cm³/mol. The summed E-state index contributed by atoms with van der Waals surface area (Å²) in [6.07, 6.45) is 3.71. The maximum atomic E-state index is 12.4. The summed E-state index contributed by atoms with van der Waals surface area (Å²) in [5.41, 5.74) is 0.585. The molecule has 1 aromatic rings. The molecule has 1 rings (SSSR count). The fourth-order valence-corrected chi connectivity index (χ4v) is 2.58. The first kappa shape index (κ1) is 15.3. The van der Waals surface area contributed by atoms with Gasteiger partial charge in [0.15, 0.2) is 0 Å². The molecule has 1 aromatic heterocycles. The van der Waals surface area contributed by atoms with E-state index in [1.165, 1.54) is 0 Å². The van der Waals surface area contributed by atoms with E-state index in [1.807, 2.05) is 20.2 Å². The highest BCUT2D eigenvalue weighted by Gasteiger charge is 2.20. The van der Waals surface area contributed by atoms with Crippen molar-refractivity contribution < 1.29 is 4.79 Å². The zero-order valence-corrected chi connectivity index (χ0v) is 13.4. The summed E-state index contributed by atoms with van der Waals surface area (Å²) in [7, 11) is 3.59. The van der Waals surface area contributed by atoms with Gasteiger partial charge in [0.1, 0.15) is 5.82 Å². The van der Waals surface area contributed by atoms with Gasteiger partial charge in [-0.3, -0.25) is 4.79 Å². The first-order valence-corrected chi connectivity index (χ1v) is 7.79. The lowest BCUT2D eigenvalue weighted by atomic mass is 10.2. The number of carbonyl (C=O) groups excluding carboxylic acids is 1. The number of carbonyl (C=O) groups is 1. The van der Waals surface area contributed by atoms with Crippen LogP contribution in [0.15, 0.2) is 16.7 Å². The molecule has 0 saturated heterocycles. The van der Waals surface area contributed by atoms with Gasteiger partial charge in [-0.15, -0.1) is 0 Å². The first-order valence-electron chi connectivity index (χ1n) is 5.60. The van der Waals surface area contributed by atoms with Crippen LogP contribution in [-0.2, 0) is 0 Å². The fraction of sp³-hybridized carbons (Fsp3) is 0.500. The van der Waals surface area contributed by atoms with E-state index in [4.69, 9.17) is 0 Å². The first-order chi connectivity index (χ1) is 8.51. The molecule has 0 aliphatic heterocycles. The Bertz CT molecular complexity index is 428. The van der Waals surface area contributed by atoms with Gasteiger partial charge in [-0.05, 0) is 35.2 Å². The van der Waals surface area contributed by atoms with Gasteiger partial charge in [0.2, 0.25) is 0 Å². The van der Waals surface area contributed by atoms with Gasteiger partial charge in [-0.2, -0.15) is 11.8 Å². The summed E-state index contributed by atoms with van der Waals surface area (Å²) < 4.78 is 0.802. The Kier molecular flexibility index (Phi) is 5.95. The maximum absolute atomic E-state index is 12.4. The molecule has 0 saturated carbocycles. The molecule has 1 unspecified atom stereocenters. The second-order valence-corrected chi connectivity index (χ2v) is 5.85. The zero-order chi connectivity index (χ0) is 13.7. The van der Waals surface area contributed by atoms with Crippen LogP contribution in [0.2, 0.25) is 0 Å². The van der Waals surface area contributed by atoms with Crippen molar-refractivity contribution in [1.29, 1.82) is 0 Å². The third-order valence-corrected chi connectivity index (χ3v) is 3.96. The van der Waals surface area contributed by atoms with Crippen LogP contribution in [0.25, 0.3) is 0 Å². The monoisotopic (exact) mass is 331 g/mol. The van der Waals surface area contributed by atoms with Gasteiger partial charge < -0.3 is 10.2 Å². The Hall–Kier alpha value is -0.750. The topological polar surface area (TPSA) is 45.2 Å². The van der Waals surface area contributed by atoms with Crippen LogP contribution >= 0.6 is 27.7 Å². The normalized spacial score (nSPS) is 12.1. The van der Waals surface area contributed by atoms with E-state index in [9.17, 15) is 4.79 Å². The largest absolute Gasteiger partial charge is 0.372 e. The quantitative estimate of drug-likeness (QED) is 0.901. The van der Waals surface area contributed by atoms with E-state index < -0.39 is 0 Å². The number of nitrogens with one attached hydrogen (secondary N) is 1. The molecule has 0 aromatic carbocycles. The summed E-state index contributed by atoms with van der Waals surface area (Å²) in [6.45, 7) is 2.04. The van der Waals surface area contributed by atoms with Gasteiger partial charge in [-0.1, -0.05) is 0 Å². The van der Waals surface area contributed by atoms with Crippen molar-refractivity contribution >= 4 is 39.4 Å². The zero-order valence-electron chi connectivity index (χ0n) is 11.0. The lowest BCUT2D eigenvalue weighted by molar-refractivity contribution is 0.0758. The van der Waals surface area contributed by atoms with Gasteiger partial charge in [0, 0.05) is 36.6 Å². The maximum Gasteiger partial charge on any atom is 0.257 e. The Labute approximate surface area is 121 Å². The number of aromatic nitrogens is 1. The summed E-state index contributed by atoms with van der Waals surface area (Å²) in [5.74, 6) is 1.50. The molecule has 0 aliphatic carbocycles. The molecule has 0 fully saturated rings. The second-order valence-electron chi connectivity index (χ2n) is 4.02. The number of rotatable bonds is 5. The minimum absolute atomic E-state index is 0.0188. The highest BCUT2D eigenvalue weighted by atomic mass is 79.9. The van der Waals surface area contributed by atoms with Gasteiger partial charge in [-0.25, -0.2) is 4.98 Å². The van der Waals surface area contributed by atoms with Crippen LogP contribution < -0.4 is 5.32 Å². The van der Waals surface area contributed by atoms with E-state index in [0.29, 0.717) is 11.4 Å². The predicted octanol–water partition coefficient (Wildman–Crippen LogP) is 2.71. The molecule has 100 valence electrons. The number of nitrogens with zero attached hydrogens (tertiary/aromatic N) is 2. The number of anilines is 1. The van der Waals surface area contributed by atoms with Crippen molar-refractivity contribution in [3.63, 3.8) is 0 Å². The molecule has 0 spiro atoms. The van der Waals surface area contributed by atoms with Crippen molar-refractivity contribution in [2.75, 3.05) is 31.4 Å². The second kappa shape index (κ2) is 6.99. The molecule has 1 amide bonds. The standard InChI is InChI=1S/C12H18BrN3OS/c1-8(7-18-4)16(3)12(17)10-5-9(13)6-15-11(10)14-2/h5-6,8H,7H2,1-4H3,(H,14,15). The molecular formula is C12H18BrN3OS.